The van der Waals surface area contributed by atoms with Crippen LogP contribution in [0.4, 0.5) is 18.9 Å². The highest BCUT2D eigenvalue weighted by Crippen LogP contribution is 2.29. The van der Waals surface area contributed by atoms with E-state index in [1.807, 2.05) is 0 Å². The summed E-state index contributed by atoms with van der Waals surface area (Å²) in [5.74, 6) is -0.543. The number of imidazole rings is 1. The average molecular weight is 408 g/mol. The van der Waals surface area contributed by atoms with Gasteiger partial charge in [-0.05, 0) is 31.2 Å². The summed E-state index contributed by atoms with van der Waals surface area (Å²) in [7, 11) is 0. The third-order valence-corrected chi connectivity index (χ3v) is 3.98. The lowest BCUT2D eigenvalue weighted by molar-refractivity contribution is -0.385. The summed E-state index contributed by atoms with van der Waals surface area (Å²) in [5, 5.41) is 13.7. The van der Waals surface area contributed by atoms with Crippen LogP contribution in [-0.4, -0.2) is 26.8 Å². The Balaban J connectivity index is 1.75. The van der Waals surface area contributed by atoms with Crippen molar-refractivity contribution in [1.29, 1.82) is 0 Å². The summed E-state index contributed by atoms with van der Waals surface area (Å²) in [6.45, 7) is 1.84. The van der Waals surface area contributed by atoms with Crippen molar-refractivity contribution in [3.63, 3.8) is 0 Å². The van der Waals surface area contributed by atoms with Crippen molar-refractivity contribution >= 4 is 17.2 Å². The quantitative estimate of drug-likeness (QED) is 0.496. The molecule has 2 aromatic heterocycles. The zero-order chi connectivity index (χ0) is 21.2. The number of nitro groups is 1. The predicted octanol–water partition coefficient (Wildman–Crippen LogP) is 3.59. The maximum absolute atomic E-state index is 12.8. The van der Waals surface area contributed by atoms with Gasteiger partial charge in [0.15, 0.2) is 5.75 Å². The monoisotopic (exact) mass is 408 g/mol. The summed E-state index contributed by atoms with van der Waals surface area (Å²) < 4.78 is 44.7. The molecule has 0 saturated carbocycles. The normalized spacial score (nSPS) is 11.4. The number of aromatic nitrogens is 2. The minimum atomic E-state index is -4.48. The predicted molar refractivity (Wildman–Crippen MR) is 95.6 cm³/mol. The number of hydrogen-bond donors (Lipinski definition) is 1. The summed E-state index contributed by atoms with van der Waals surface area (Å²) in [6, 6.07) is 5.96. The Morgan fingerprint density at radius 3 is 2.69 bits per heavy atom. The number of carbonyl (C=O) groups is 1. The van der Waals surface area contributed by atoms with Crippen molar-refractivity contribution in [3.8, 4) is 5.75 Å². The van der Waals surface area contributed by atoms with E-state index in [9.17, 15) is 28.1 Å². The fourth-order valence-corrected chi connectivity index (χ4v) is 2.65. The molecule has 3 aromatic rings. The van der Waals surface area contributed by atoms with Crippen LogP contribution in [0, 0.1) is 10.1 Å². The van der Waals surface area contributed by atoms with Crippen LogP contribution in [0.25, 0.3) is 5.65 Å². The lowest BCUT2D eigenvalue weighted by Crippen LogP contribution is -2.23. The molecule has 0 radical (unpaired) electrons. The molecule has 1 aromatic carbocycles. The first-order chi connectivity index (χ1) is 13.7. The second-order valence-corrected chi connectivity index (χ2v) is 5.97. The SMILES string of the molecule is CCOc1ccc(C(=O)NCc2cn3cc(C(F)(F)F)ccc3n2)cc1[N+](=O)[O-]. The maximum Gasteiger partial charge on any atom is 0.417 e. The molecule has 0 atom stereocenters. The van der Waals surface area contributed by atoms with Gasteiger partial charge in [-0.1, -0.05) is 0 Å². The molecule has 1 N–H and O–H groups in total. The van der Waals surface area contributed by atoms with E-state index < -0.39 is 22.6 Å². The minimum absolute atomic E-state index is 0.0447. The maximum atomic E-state index is 12.8. The molecule has 0 spiro atoms. The molecule has 0 fully saturated rings. The fourth-order valence-electron chi connectivity index (χ4n) is 2.65. The van der Waals surface area contributed by atoms with Gasteiger partial charge in [-0.25, -0.2) is 4.98 Å². The highest BCUT2D eigenvalue weighted by Gasteiger charge is 2.30. The number of fused-ring (bicyclic) bond motifs is 1. The molecule has 0 aliphatic heterocycles. The van der Waals surface area contributed by atoms with E-state index in [4.69, 9.17) is 4.74 Å². The van der Waals surface area contributed by atoms with Crippen molar-refractivity contribution < 1.29 is 27.6 Å². The smallest absolute Gasteiger partial charge is 0.417 e. The Labute approximate surface area is 162 Å². The van der Waals surface area contributed by atoms with Crippen molar-refractivity contribution in [1.82, 2.24) is 14.7 Å². The van der Waals surface area contributed by atoms with E-state index in [2.05, 4.69) is 10.3 Å². The average Bonchev–Trinajstić information content (AvgIpc) is 3.08. The van der Waals surface area contributed by atoms with E-state index in [0.29, 0.717) is 11.3 Å². The molecule has 2 heterocycles. The number of nitro benzene ring substituents is 1. The topological polar surface area (TPSA) is 98.8 Å². The molecule has 152 valence electrons. The van der Waals surface area contributed by atoms with Gasteiger partial charge in [0.1, 0.15) is 5.65 Å². The van der Waals surface area contributed by atoms with Crippen LogP contribution in [0.1, 0.15) is 28.5 Å². The van der Waals surface area contributed by atoms with Gasteiger partial charge in [-0.15, -0.1) is 0 Å². The molecule has 11 heteroatoms. The van der Waals surface area contributed by atoms with E-state index in [1.165, 1.54) is 28.8 Å². The molecule has 29 heavy (non-hydrogen) atoms. The summed E-state index contributed by atoms with van der Waals surface area (Å²) >= 11 is 0. The van der Waals surface area contributed by atoms with Crippen LogP contribution in [0.2, 0.25) is 0 Å². The third-order valence-electron chi connectivity index (χ3n) is 3.98. The first kappa shape index (κ1) is 20.1. The zero-order valence-electron chi connectivity index (χ0n) is 15.1. The first-order valence-corrected chi connectivity index (χ1v) is 8.43. The lowest BCUT2D eigenvalue weighted by atomic mass is 10.1. The van der Waals surface area contributed by atoms with Crippen LogP contribution >= 0.6 is 0 Å². The number of alkyl halides is 3. The minimum Gasteiger partial charge on any atom is -0.487 e. The number of nitrogens with one attached hydrogen (secondary N) is 1. The number of rotatable bonds is 6. The lowest BCUT2D eigenvalue weighted by Gasteiger charge is -2.07. The summed E-state index contributed by atoms with van der Waals surface area (Å²) in [4.78, 5) is 26.9. The Morgan fingerprint density at radius 1 is 1.28 bits per heavy atom. The number of nitrogens with zero attached hydrogens (tertiary/aromatic N) is 3. The van der Waals surface area contributed by atoms with Crippen molar-refractivity contribution in [2.45, 2.75) is 19.6 Å². The molecule has 8 nitrogen and oxygen atoms in total. The molecule has 0 aliphatic rings. The number of pyridine rings is 1. The highest BCUT2D eigenvalue weighted by molar-refractivity contribution is 5.95. The molecule has 3 rings (SSSR count). The Bertz CT molecular complexity index is 1080. The molecule has 0 bridgehead atoms. The molecule has 0 unspecified atom stereocenters. The van der Waals surface area contributed by atoms with Crippen LogP contribution < -0.4 is 10.1 Å². The standard InChI is InChI=1S/C18H15F3N4O4/c1-2-29-15-5-3-11(7-14(15)25(27)28)17(26)22-8-13-10-24-9-12(18(19,20)21)4-6-16(24)23-13/h3-7,9-10H,2,8H2,1H3,(H,22,26). The second kappa shape index (κ2) is 7.78. The van der Waals surface area contributed by atoms with Gasteiger partial charge in [-0.3, -0.25) is 14.9 Å². The molecular weight excluding hydrogens is 393 g/mol. The van der Waals surface area contributed by atoms with Gasteiger partial charge in [-0.2, -0.15) is 13.2 Å². The van der Waals surface area contributed by atoms with Gasteiger partial charge in [0.05, 0.1) is 29.3 Å². The van der Waals surface area contributed by atoms with Gasteiger partial charge in [0, 0.05) is 24.0 Å². The summed E-state index contributed by atoms with van der Waals surface area (Å²) in [6.07, 6.45) is -2.20. The Morgan fingerprint density at radius 2 is 2.03 bits per heavy atom. The van der Waals surface area contributed by atoms with E-state index in [0.717, 1.165) is 18.3 Å². The number of hydrogen-bond acceptors (Lipinski definition) is 5. The second-order valence-electron chi connectivity index (χ2n) is 5.97. The van der Waals surface area contributed by atoms with Crippen LogP contribution in [-0.2, 0) is 12.7 Å². The van der Waals surface area contributed by atoms with E-state index in [1.54, 1.807) is 6.92 Å². The molecule has 1 amide bonds. The number of ether oxygens (including phenoxy) is 1. The van der Waals surface area contributed by atoms with E-state index in [-0.39, 0.29) is 30.2 Å². The zero-order valence-corrected chi connectivity index (χ0v) is 15.1. The Kier molecular flexibility index (Phi) is 5.39. The summed E-state index contributed by atoms with van der Waals surface area (Å²) in [5.41, 5.74) is -0.494. The number of halogens is 3. The van der Waals surface area contributed by atoms with Crippen molar-refractivity contribution in [2.75, 3.05) is 6.61 Å². The molecule has 0 saturated heterocycles. The highest BCUT2D eigenvalue weighted by atomic mass is 19.4. The molecule has 0 aliphatic carbocycles. The van der Waals surface area contributed by atoms with Crippen LogP contribution in [0.3, 0.4) is 0 Å². The van der Waals surface area contributed by atoms with Gasteiger partial charge >= 0.3 is 11.9 Å². The number of benzene rings is 1. The number of amides is 1. The van der Waals surface area contributed by atoms with E-state index >= 15 is 0 Å². The van der Waals surface area contributed by atoms with Crippen LogP contribution in [0.15, 0.2) is 42.7 Å². The first-order valence-electron chi connectivity index (χ1n) is 8.43. The van der Waals surface area contributed by atoms with Crippen molar-refractivity contribution in [3.05, 3.63) is 69.7 Å². The fraction of sp³-hybridized carbons (Fsp3) is 0.222. The van der Waals surface area contributed by atoms with Gasteiger partial charge in [0.2, 0.25) is 0 Å². The van der Waals surface area contributed by atoms with Crippen molar-refractivity contribution in [2.24, 2.45) is 0 Å². The van der Waals surface area contributed by atoms with Gasteiger partial charge < -0.3 is 14.5 Å². The third kappa shape index (κ3) is 4.45. The Hall–Kier alpha value is -3.63. The van der Waals surface area contributed by atoms with Gasteiger partial charge in [0.25, 0.3) is 5.91 Å². The largest absolute Gasteiger partial charge is 0.487 e. The van der Waals surface area contributed by atoms with Crippen LogP contribution in [0.5, 0.6) is 5.75 Å². The molecular formula is C18H15F3N4O4. The number of carbonyl (C=O) groups excluding carboxylic acids is 1.